The molecule has 0 aromatic heterocycles. The van der Waals surface area contributed by atoms with Crippen LogP contribution in [0.4, 0.5) is 11.4 Å². The Morgan fingerprint density at radius 2 is 1.92 bits per heavy atom. The summed E-state index contributed by atoms with van der Waals surface area (Å²) in [6.45, 7) is 4.92. The number of aliphatic hydroxyl groups excluding tert-OH is 1. The van der Waals surface area contributed by atoms with Gasteiger partial charge >= 0.3 is 0 Å². The molecule has 1 aliphatic heterocycles. The van der Waals surface area contributed by atoms with Gasteiger partial charge in [0.15, 0.2) is 0 Å². The Hall–Kier alpha value is -1.71. The minimum absolute atomic E-state index is 0.0679. The van der Waals surface area contributed by atoms with E-state index in [9.17, 15) is 18.5 Å². The predicted octanol–water partition coefficient (Wildman–Crippen LogP) is 1.69. The quantitative estimate of drug-likeness (QED) is 0.603. The van der Waals surface area contributed by atoms with Gasteiger partial charge in [0.25, 0.3) is 5.69 Å². The number of nitrogens with zero attached hydrogens (tertiary/aromatic N) is 3. The summed E-state index contributed by atoms with van der Waals surface area (Å²) in [6, 6.07) is 3.94. The summed E-state index contributed by atoms with van der Waals surface area (Å²) in [6.07, 6.45) is 0.969. The zero-order valence-electron chi connectivity index (χ0n) is 14.8. The summed E-state index contributed by atoms with van der Waals surface area (Å²) >= 11 is 0. The Morgan fingerprint density at radius 3 is 2.44 bits per heavy atom. The fraction of sp³-hybridized carbons (Fsp3) is 0.625. The van der Waals surface area contributed by atoms with Crippen LogP contribution in [0.3, 0.4) is 0 Å². The van der Waals surface area contributed by atoms with Crippen molar-refractivity contribution in [3.8, 4) is 0 Å². The third-order valence-corrected chi connectivity index (χ3v) is 6.29. The van der Waals surface area contributed by atoms with Gasteiger partial charge in [0.05, 0.1) is 16.4 Å². The van der Waals surface area contributed by atoms with Crippen LogP contribution < -0.4 is 4.90 Å². The fourth-order valence-corrected chi connectivity index (χ4v) is 5.05. The van der Waals surface area contributed by atoms with E-state index >= 15 is 0 Å². The molecule has 1 N–H and O–H groups in total. The van der Waals surface area contributed by atoms with E-state index in [0.29, 0.717) is 13.1 Å². The highest BCUT2D eigenvalue weighted by Gasteiger charge is 2.33. The second kappa shape index (κ2) is 7.67. The topological polar surface area (TPSA) is 104 Å². The lowest BCUT2D eigenvalue weighted by atomic mass is 9.94. The van der Waals surface area contributed by atoms with Crippen molar-refractivity contribution in [1.29, 1.82) is 0 Å². The maximum absolute atomic E-state index is 12.9. The highest BCUT2D eigenvalue weighted by molar-refractivity contribution is 7.89. The van der Waals surface area contributed by atoms with E-state index in [2.05, 4.69) is 0 Å². The van der Waals surface area contributed by atoms with Gasteiger partial charge in [-0.3, -0.25) is 10.1 Å². The Bertz CT molecular complexity index is 727. The summed E-state index contributed by atoms with van der Waals surface area (Å²) in [7, 11) is -2.17. The minimum Gasteiger partial charge on any atom is -0.395 e. The molecule has 1 fully saturated rings. The van der Waals surface area contributed by atoms with Crippen molar-refractivity contribution < 1.29 is 18.4 Å². The lowest BCUT2D eigenvalue weighted by Crippen LogP contribution is -2.42. The number of piperidine rings is 1. The molecule has 1 aliphatic rings. The van der Waals surface area contributed by atoms with Crippen LogP contribution >= 0.6 is 0 Å². The van der Waals surface area contributed by atoms with Crippen molar-refractivity contribution in [2.45, 2.75) is 25.2 Å². The van der Waals surface area contributed by atoms with Crippen molar-refractivity contribution in [1.82, 2.24) is 4.31 Å². The molecule has 8 nitrogen and oxygen atoms in total. The van der Waals surface area contributed by atoms with E-state index in [1.165, 1.54) is 21.3 Å². The number of aliphatic hydroxyl groups is 1. The molecule has 0 aliphatic carbocycles. The Kier molecular flexibility index (Phi) is 6.02. The number of anilines is 1. The van der Waals surface area contributed by atoms with Crippen LogP contribution in [0.2, 0.25) is 0 Å². The average molecular weight is 371 g/mol. The second-order valence-corrected chi connectivity index (χ2v) is 8.76. The van der Waals surface area contributed by atoms with E-state index in [1.54, 1.807) is 7.05 Å². The van der Waals surface area contributed by atoms with Crippen molar-refractivity contribution >= 4 is 21.4 Å². The van der Waals surface area contributed by atoms with E-state index < -0.39 is 14.9 Å². The predicted molar refractivity (Wildman–Crippen MR) is 95.2 cm³/mol. The largest absolute Gasteiger partial charge is 0.395 e. The Labute approximate surface area is 148 Å². The molecule has 25 heavy (non-hydrogen) atoms. The highest BCUT2D eigenvalue weighted by Crippen LogP contribution is 2.33. The Balaban J connectivity index is 2.41. The molecule has 9 heteroatoms. The van der Waals surface area contributed by atoms with Gasteiger partial charge in [-0.15, -0.1) is 0 Å². The van der Waals surface area contributed by atoms with Crippen LogP contribution in [0.15, 0.2) is 23.1 Å². The molecule has 0 bridgehead atoms. The number of hydrogen-bond donors (Lipinski definition) is 1. The maximum Gasteiger partial charge on any atom is 0.293 e. The highest BCUT2D eigenvalue weighted by atomic mass is 32.2. The van der Waals surface area contributed by atoms with Gasteiger partial charge in [-0.1, -0.05) is 13.8 Å². The lowest BCUT2D eigenvalue weighted by molar-refractivity contribution is -0.384. The monoisotopic (exact) mass is 371 g/mol. The summed E-state index contributed by atoms with van der Waals surface area (Å²) in [4.78, 5) is 12.3. The molecule has 2 atom stereocenters. The lowest BCUT2D eigenvalue weighted by Gasteiger charge is -2.34. The van der Waals surface area contributed by atoms with Gasteiger partial charge in [-0.05, 0) is 30.4 Å². The van der Waals surface area contributed by atoms with Crippen LogP contribution in [0.25, 0.3) is 0 Å². The van der Waals surface area contributed by atoms with E-state index in [4.69, 9.17) is 5.11 Å². The zero-order valence-corrected chi connectivity index (χ0v) is 15.6. The van der Waals surface area contributed by atoms with Crippen LogP contribution in [0.5, 0.6) is 0 Å². The summed E-state index contributed by atoms with van der Waals surface area (Å²) in [5.74, 6) is 0.506. The number of likely N-dealkylation sites (N-methyl/N-ethyl adjacent to an activating group) is 1. The first-order valence-electron chi connectivity index (χ1n) is 8.27. The van der Waals surface area contributed by atoms with Crippen LogP contribution in [0.1, 0.15) is 20.3 Å². The van der Waals surface area contributed by atoms with Gasteiger partial charge in [0, 0.05) is 32.7 Å². The molecule has 1 aromatic carbocycles. The zero-order chi connectivity index (χ0) is 18.8. The molecule has 140 valence electrons. The van der Waals surface area contributed by atoms with Gasteiger partial charge in [-0.25, -0.2) is 8.42 Å². The molecule has 0 radical (unpaired) electrons. The number of benzene rings is 1. The molecule has 1 saturated heterocycles. The van der Waals surface area contributed by atoms with Gasteiger partial charge in [0.2, 0.25) is 10.0 Å². The standard InChI is InChI=1S/C16H25N3O5S/c1-12-8-13(2)11-18(10-12)25(23,24)14-4-5-15(17(3)6-7-20)16(9-14)19(21)22/h4-5,9,12-13,20H,6-8,10-11H2,1-3H3/t12-,13+. The van der Waals surface area contributed by atoms with Crippen molar-refractivity contribution in [3.05, 3.63) is 28.3 Å². The molecular formula is C16H25N3O5S. The third-order valence-electron chi connectivity index (χ3n) is 4.46. The first-order chi connectivity index (χ1) is 11.7. The van der Waals surface area contributed by atoms with Gasteiger partial charge in [-0.2, -0.15) is 4.31 Å². The summed E-state index contributed by atoms with van der Waals surface area (Å²) in [5, 5.41) is 20.4. The summed E-state index contributed by atoms with van der Waals surface area (Å²) in [5.41, 5.74) is -0.00601. The molecule has 1 heterocycles. The molecular weight excluding hydrogens is 346 g/mol. The number of sulfonamides is 1. The first-order valence-corrected chi connectivity index (χ1v) is 9.71. The first kappa shape index (κ1) is 19.6. The molecule has 0 unspecified atom stereocenters. The van der Waals surface area contributed by atoms with E-state index in [0.717, 1.165) is 12.5 Å². The summed E-state index contributed by atoms with van der Waals surface area (Å²) < 4.78 is 27.2. The second-order valence-electron chi connectivity index (χ2n) is 6.82. The van der Waals surface area contributed by atoms with Crippen LogP contribution in [-0.2, 0) is 10.0 Å². The smallest absolute Gasteiger partial charge is 0.293 e. The normalized spacial score (nSPS) is 21.9. The third kappa shape index (κ3) is 4.28. The molecule has 1 aromatic rings. The SMILES string of the molecule is C[C@@H]1C[C@H](C)CN(S(=O)(=O)c2ccc(N(C)CCO)c([N+](=O)[O-])c2)C1. The van der Waals surface area contributed by atoms with Gasteiger partial charge in [0.1, 0.15) is 5.69 Å². The minimum atomic E-state index is -3.78. The van der Waals surface area contributed by atoms with Crippen molar-refractivity contribution in [3.63, 3.8) is 0 Å². The van der Waals surface area contributed by atoms with E-state index in [-0.39, 0.29) is 41.3 Å². The molecule has 0 saturated carbocycles. The fourth-order valence-electron chi connectivity index (χ4n) is 3.35. The van der Waals surface area contributed by atoms with Gasteiger partial charge < -0.3 is 10.0 Å². The number of rotatable bonds is 6. The molecule has 0 amide bonds. The Morgan fingerprint density at radius 1 is 1.32 bits per heavy atom. The van der Waals surface area contributed by atoms with Crippen LogP contribution in [0, 0.1) is 22.0 Å². The number of nitro benzene ring substituents is 1. The van der Waals surface area contributed by atoms with E-state index in [1.807, 2.05) is 13.8 Å². The van der Waals surface area contributed by atoms with Crippen molar-refractivity contribution in [2.75, 3.05) is 38.2 Å². The van der Waals surface area contributed by atoms with Crippen LogP contribution in [-0.4, -0.2) is 56.0 Å². The van der Waals surface area contributed by atoms with Crippen molar-refractivity contribution in [2.24, 2.45) is 11.8 Å². The molecule has 0 spiro atoms. The number of hydrogen-bond acceptors (Lipinski definition) is 6. The average Bonchev–Trinajstić information content (AvgIpc) is 2.53. The maximum atomic E-state index is 12.9. The molecule has 2 rings (SSSR count). The number of nitro groups is 1.